The van der Waals surface area contributed by atoms with Gasteiger partial charge in [0.1, 0.15) is 11.5 Å². The summed E-state index contributed by atoms with van der Waals surface area (Å²) in [6.07, 6.45) is 3.44. The Hall–Kier alpha value is -3.02. The third kappa shape index (κ3) is 2.85. The summed E-state index contributed by atoms with van der Waals surface area (Å²) < 4.78 is 14.8. The highest BCUT2D eigenvalue weighted by atomic mass is 19.1. The van der Waals surface area contributed by atoms with Gasteiger partial charge < -0.3 is 4.57 Å². The molecule has 5 nitrogen and oxygen atoms in total. The molecular weight excluding hydrogens is 283 g/mol. The highest BCUT2D eigenvalue weighted by Gasteiger charge is 2.12. The Kier molecular flexibility index (Phi) is 3.65. The predicted molar refractivity (Wildman–Crippen MR) is 80.8 cm³/mol. The molecule has 22 heavy (non-hydrogen) atoms. The van der Waals surface area contributed by atoms with E-state index in [4.69, 9.17) is 0 Å². The average molecular weight is 296 g/mol. The number of anilines is 1. The van der Waals surface area contributed by atoms with Crippen molar-refractivity contribution >= 4 is 11.9 Å². The van der Waals surface area contributed by atoms with Crippen molar-refractivity contribution in [3.8, 4) is 11.4 Å². The van der Waals surface area contributed by atoms with Gasteiger partial charge in [-0.05, 0) is 30.3 Å². The molecule has 0 spiro atoms. The van der Waals surface area contributed by atoms with Crippen molar-refractivity contribution in [3.63, 3.8) is 0 Å². The molecule has 0 fully saturated rings. The van der Waals surface area contributed by atoms with Crippen LogP contribution in [0.4, 0.5) is 10.3 Å². The van der Waals surface area contributed by atoms with Crippen LogP contribution >= 0.6 is 0 Å². The number of amides is 1. The largest absolute Gasteiger partial charge is 0.320 e. The molecule has 0 atom stereocenters. The topological polar surface area (TPSA) is 59.8 Å². The smallest absolute Gasteiger partial charge is 0.258 e. The van der Waals surface area contributed by atoms with E-state index in [1.165, 1.54) is 18.2 Å². The molecule has 0 radical (unpaired) electrons. The first-order valence-electron chi connectivity index (χ1n) is 6.65. The molecule has 1 aromatic carbocycles. The molecule has 3 rings (SSSR count). The molecule has 2 aromatic heterocycles. The summed E-state index contributed by atoms with van der Waals surface area (Å²) in [5, 5.41) is 2.66. The number of hydrogen-bond donors (Lipinski definition) is 1. The van der Waals surface area contributed by atoms with Crippen molar-refractivity contribution in [2.24, 2.45) is 7.05 Å². The zero-order chi connectivity index (χ0) is 15.5. The second-order valence-corrected chi connectivity index (χ2v) is 4.74. The number of pyridine rings is 1. The molecule has 1 amide bonds. The van der Waals surface area contributed by atoms with E-state index in [0.717, 1.165) is 0 Å². The Labute approximate surface area is 126 Å². The van der Waals surface area contributed by atoms with Crippen molar-refractivity contribution < 1.29 is 9.18 Å². The van der Waals surface area contributed by atoms with Crippen molar-refractivity contribution in [2.75, 3.05) is 5.32 Å². The summed E-state index contributed by atoms with van der Waals surface area (Å²) in [5.41, 5.74) is 1.60. The molecule has 0 unspecified atom stereocenters. The maximum Gasteiger partial charge on any atom is 0.258 e. The molecular formula is C16H13FN4O. The molecule has 2 heterocycles. The van der Waals surface area contributed by atoms with E-state index in [1.807, 2.05) is 18.2 Å². The molecule has 6 heteroatoms. The number of halogens is 1. The molecule has 0 aliphatic rings. The molecule has 0 saturated heterocycles. The fourth-order valence-electron chi connectivity index (χ4n) is 2.02. The Morgan fingerprint density at radius 3 is 2.77 bits per heavy atom. The van der Waals surface area contributed by atoms with Crippen LogP contribution in [0, 0.1) is 5.82 Å². The highest BCUT2D eigenvalue weighted by molar-refractivity contribution is 6.03. The number of nitrogens with zero attached hydrogens (tertiary/aromatic N) is 3. The summed E-state index contributed by atoms with van der Waals surface area (Å²) in [7, 11) is 1.76. The predicted octanol–water partition coefficient (Wildman–Crippen LogP) is 2.87. The van der Waals surface area contributed by atoms with Gasteiger partial charge in [-0.1, -0.05) is 12.1 Å². The normalized spacial score (nSPS) is 10.5. The van der Waals surface area contributed by atoms with Gasteiger partial charge in [0.15, 0.2) is 0 Å². The van der Waals surface area contributed by atoms with E-state index in [0.29, 0.717) is 17.3 Å². The maximum absolute atomic E-state index is 13.2. The minimum absolute atomic E-state index is 0.238. The van der Waals surface area contributed by atoms with Crippen LogP contribution in [0.2, 0.25) is 0 Å². The quantitative estimate of drug-likeness (QED) is 0.808. The van der Waals surface area contributed by atoms with Crippen LogP contribution in [0.5, 0.6) is 0 Å². The van der Waals surface area contributed by atoms with Crippen molar-refractivity contribution in [1.82, 2.24) is 14.5 Å². The van der Waals surface area contributed by atoms with Crippen LogP contribution in [-0.4, -0.2) is 20.4 Å². The molecule has 0 aliphatic heterocycles. The first-order valence-corrected chi connectivity index (χ1v) is 6.65. The Bertz CT molecular complexity index is 814. The van der Waals surface area contributed by atoms with Gasteiger partial charge in [0.2, 0.25) is 5.95 Å². The molecule has 3 aromatic rings. The molecule has 0 aliphatic carbocycles. The number of aromatic nitrogens is 3. The van der Waals surface area contributed by atoms with Gasteiger partial charge in [0.25, 0.3) is 5.91 Å². The minimum Gasteiger partial charge on any atom is -0.320 e. The lowest BCUT2D eigenvalue weighted by molar-refractivity contribution is 0.102. The first-order chi connectivity index (χ1) is 10.6. The van der Waals surface area contributed by atoms with Crippen LogP contribution < -0.4 is 5.32 Å². The summed E-state index contributed by atoms with van der Waals surface area (Å²) in [5.74, 6) is -0.502. The van der Waals surface area contributed by atoms with Gasteiger partial charge in [-0.3, -0.25) is 15.1 Å². The van der Waals surface area contributed by atoms with Gasteiger partial charge >= 0.3 is 0 Å². The minimum atomic E-state index is -0.457. The third-order valence-corrected chi connectivity index (χ3v) is 3.12. The summed E-state index contributed by atoms with van der Waals surface area (Å²) in [6, 6.07) is 11.0. The van der Waals surface area contributed by atoms with Crippen LogP contribution in [0.3, 0.4) is 0 Å². The second-order valence-electron chi connectivity index (χ2n) is 4.74. The Morgan fingerprint density at radius 2 is 2.05 bits per heavy atom. The number of nitrogens with one attached hydrogen (secondary N) is 1. The Morgan fingerprint density at radius 1 is 1.18 bits per heavy atom. The van der Waals surface area contributed by atoms with Crippen LogP contribution in [0.15, 0.2) is 54.9 Å². The van der Waals surface area contributed by atoms with Gasteiger partial charge in [0.05, 0.1) is 5.69 Å². The van der Waals surface area contributed by atoms with Crippen LogP contribution in [-0.2, 0) is 7.05 Å². The molecule has 110 valence electrons. The number of carbonyl (C=O) groups excluding carboxylic acids is 1. The highest BCUT2D eigenvalue weighted by Crippen LogP contribution is 2.18. The van der Waals surface area contributed by atoms with E-state index >= 15 is 0 Å². The van der Waals surface area contributed by atoms with Crippen LogP contribution in [0.25, 0.3) is 11.4 Å². The van der Waals surface area contributed by atoms with Gasteiger partial charge in [-0.15, -0.1) is 0 Å². The molecule has 0 saturated carbocycles. The fourth-order valence-corrected chi connectivity index (χ4v) is 2.02. The van der Waals surface area contributed by atoms with E-state index in [2.05, 4.69) is 15.3 Å². The van der Waals surface area contributed by atoms with E-state index in [9.17, 15) is 9.18 Å². The van der Waals surface area contributed by atoms with Gasteiger partial charge in [0, 0.05) is 25.0 Å². The average Bonchev–Trinajstić information content (AvgIpc) is 2.89. The number of rotatable bonds is 3. The van der Waals surface area contributed by atoms with Crippen LogP contribution in [0.1, 0.15) is 10.4 Å². The number of benzene rings is 1. The first kappa shape index (κ1) is 13.9. The Balaban J connectivity index is 1.84. The zero-order valence-corrected chi connectivity index (χ0v) is 11.8. The second kappa shape index (κ2) is 5.77. The summed E-state index contributed by atoms with van der Waals surface area (Å²) in [4.78, 5) is 20.7. The number of imidazole rings is 1. The van der Waals surface area contributed by atoms with E-state index in [1.54, 1.807) is 30.1 Å². The van der Waals surface area contributed by atoms with Gasteiger partial charge in [-0.2, -0.15) is 0 Å². The monoisotopic (exact) mass is 296 g/mol. The van der Waals surface area contributed by atoms with Crippen molar-refractivity contribution in [3.05, 3.63) is 66.2 Å². The lowest BCUT2D eigenvalue weighted by Gasteiger charge is -2.04. The summed E-state index contributed by atoms with van der Waals surface area (Å²) in [6.45, 7) is 0. The third-order valence-electron chi connectivity index (χ3n) is 3.12. The van der Waals surface area contributed by atoms with Gasteiger partial charge in [-0.25, -0.2) is 9.37 Å². The number of carbonyl (C=O) groups is 1. The van der Waals surface area contributed by atoms with E-state index in [-0.39, 0.29) is 5.56 Å². The summed E-state index contributed by atoms with van der Waals surface area (Å²) >= 11 is 0. The standard InChI is InChI=1S/C16H13FN4O/c1-21-10-14(13-7-2-3-8-18-13)19-16(21)20-15(22)11-5-4-6-12(17)9-11/h2-10H,1H3,(H,19,20,22). The number of aryl methyl sites for hydroxylation is 1. The SMILES string of the molecule is Cn1cc(-c2ccccn2)nc1NC(=O)c1cccc(F)c1. The number of hydrogen-bond acceptors (Lipinski definition) is 3. The van der Waals surface area contributed by atoms with E-state index < -0.39 is 11.7 Å². The fraction of sp³-hybridized carbons (Fsp3) is 0.0625. The van der Waals surface area contributed by atoms with Crippen molar-refractivity contribution in [2.45, 2.75) is 0 Å². The van der Waals surface area contributed by atoms with Crippen molar-refractivity contribution in [1.29, 1.82) is 0 Å². The molecule has 1 N–H and O–H groups in total. The lowest BCUT2D eigenvalue weighted by Crippen LogP contribution is -2.15. The lowest BCUT2D eigenvalue weighted by atomic mass is 10.2. The molecule has 0 bridgehead atoms. The maximum atomic E-state index is 13.2. The zero-order valence-electron chi connectivity index (χ0n) is 11.8.